The van der Waals surface area contributed by atoms with Crippen LogP contribution in [0, 0.1) is 0 Å². The van der Waals surface area contributed by atoms with Crippen molar-refractivity contribution in [2.75, 3.05) is 0 Å². The first kappa shape index (κ1) is 17.1. The quantitative estimate of drug-likeness (QED) is 0.712. The van der Waals surface area contributed by atoms with Gasteiger partial charge in [0.1, 0.15) is 5.75 Å². The number of thioether (sulfide) groups is 1. The van der Waals surface area contributed by atoms with Gasteiger partial charge < -0.3 is 15.5 Å². The van der Waals surface area contributed by atoms with Crippen LogP contribution in [-0.4, -0.2) is 27.3 Å². The second-order valence-electron chi connectivity index (χ2n) is 5.04. The van der Waals surface area contributed by atoms with Gasteiger partial charge in [0, 0.05) is 5.02 Å². The Balaban J connectivity index is 1.89. The van der Waals surface area contributed by atoms with Crippen molar-refractivity contribution < 1.29 is 19.8 Å². The number of benzene rings is 2. The van der Waals surface area contributed by atoms with E-state index >= 15 is 0 Å². The van der Waals surface area contributed by atoms with E-state index in [2.05, 4.69) is 10.3 Å². The molecule has 0 bridgehead atoms. The molecule has 2 aromatic rings. The Kier molecular flexibility index (Phi) is 4.78. The number of hydrogen-bond acceptors (Lipinski definition) is 5. The Morgan fingerprint density at radius 3 is 2.60 bits per heavy atom. The predicted octanol–water partition coefficient (Wildman–Crippen LogP) is 3.64. The van der Waals surface area contributed by atoms with E-state index in [-0.39, 0.29) is 28.1 Å². The molecule has 0 saturated carbocycles. The Morgan fingerprint density at radius 1 is 1.20 bits per heavy atom. The van der Waals surface area contributed by atoms with Crippen LogP contribution in [0.25, 0.3) is 6.08 Å². The molecule has 126 valence electrons. The van der Waals surface area contributed by atoms with Crippen molar-refractivity contribution in [2.45, 2.75) is 0 Å². The molecule has 0 atom stereocenters. The van der Waals surface area contributed by atoms with E-state index < -0.39 is 5.97 Å². The molecule has 0 radical (unpaired) electrons. The molecule has 2 aromatic carbocycles. The van der Waals surface area contributed by atoms with Gasteiger partial charge in [-0.05, 0) is 53.7 Å². The van der Waals surface area contributed by atoms with Crippen LogP contribution in [-0.2, 0) is 4.79 Å². The summed E-state index contributed by atoms with van der Waals surface area (Å²) >= 11 is 6.93. The molecule has 1 heterocycles. The van der Waals surface area contributed by atoms with Crippen LogP contribution >= 0.6 is 23.4 Å². The largest absolute Gasteiger partial charge is 0.508 e. The number of carboxylic acid groups (broad SMARTS) is 1. The Hall–Kier alpha value is -2.77. The van der Waals surface area contributed by atoms with Crippen LogP contribution in [0.15, 0.2) is 52.4 Å². The van der Waals surface area contributed by atoms with Gasteiger partial charge in [0.2, 0.25) is 0 Å². The van der Waals surface area contributed by atoms with E-state index in [0.29, 0.717) is 9.93 Å². The highest BCUT2D eigenvalue weighted by Gasteiger charge is 2.24. The lowest BCUT2D eigenvalue weighted by Gasteiger charge is -2.02. The van der Waals surface area contributed by atoms with E-state index in [1.54, 1.807) is 30.3 Å². The summed E-state index contributed by atoms with van der Waals surface area (Å²) in [6.45, 7) is 0. The second-order valence-corrected chi connectivity index (χ2v) is 6.51. The second kappa shape index (κ2) is 7.00. The average Bonchev–Trinajstić information content (AvgIpc) is 2.90. The van der Waals surface area contributed by atoms with Gasteiger partial charge in [0.25, 0.3) is 5.91 Å². The van der Waals surface area contributed by atoms with Crippen LogP contribution in [0.4, 0.5) is 5.69 Å². The van der Waals surface area contributed by atoms with E-state index in [1.165, 1.54) is 12.1 Å². The lowest BCUT2D eigenvalue weighted by Crippen LogP contribution is -2.19. The number of phenols is 1. The number of halogens is 1. The molecule has 0 spiro atoms. The maximum absolute atomic E-state index is 12.1. The molecule has 1 aliphatic rings. The lowest BCUT2D eigenvalue weighted by atomic mass is 10.2. The van der Waals surface area contributed by atoms with Gasteiger partial charge in [-0.25, -0.2) is 9.79 Å². The zero-order valence-corrected chi connectivity index (χ0v) is 14.1. The summed E-state index contributed by atoms with van der Waals surface area (Å²) in [6.07, 6.45) is 1.69. The van der Waals surface area contributed by atoms with Gasteiger partial charge >= 0.3 is 5.97 Å². The van der Waals surface area contributed by atoms with Crippen LogP contribution in [0.3, 0.4) is 0 Å². The fourth-order valence-electron chi connectivity index (χ4n) is 2.09. The number of phenolic OH excluding ortho intramolecular Hbond substituents is 1. The minimum Gasteiger partial charge on any atom is -0.508 e. The molecule has 8 heteroatoms. The van der Waals surface area contributed by atoms with E-state index in [4.69, 9.17) is 11.6 Å². The number of amidine groups is 1. The zero-order valence-electron chi connectivity index (χ0n) is 12.6. The average molecular weight is 375 g/mol. The van der Waals surface area contributed by atoms with Gasteiger partial charge in [-0.1, -0.05) is 23.7 Å². The highest BCUT2D eigenvalue weighted by molar-refractivity contribution is 8.18. The molecule has 3 rings (SSSR count). The summed E-state index contributed by atoms with van der Waals surface area (Å²) in [6, 6.07) is 10.8. The summed E-state index contributed by atoms with van der Waals surface area (Å²) in [4.78, 5) is 27.9. The number of carboxylic acids is 1. The minimum atomic E-state index is -1.22. The Bertz CT molecular complexity index is 923. The summed E-state index contributed by atoms with van der Waals surface area (Å²) in [5.41, 5.74) is 0.789. The standard InChI is InChI=1S/C17H11ClN2O4S/c18-10-3-1-9(2-4-10)7-14-15(22)20-17(25-14)19-13-6-5-11(21)8-12(13)16(23)24/h1-8,21H,(H,23,24)(H,19,20,22)/b14-7-. The number of rotatable bonds is 3. The maximum Gasteiger partial charge on any atom is 0.338 e. The Labute approximate surface area is 151 Å². The molecule has 0 aromatic heterocycles. The molecule has 0 aliphatic carbocycles. The highest BCUT2D eigenvalue weighted by atomic mass is 35.5. The third-order valence-electron chi connectivity index (χ3n) is 3.25. The van der Waals surface area contributed by atoms with Gasteiger partial charge in [-0.2, -0.15) is 0 Å². The van der Waals surface area contributed by atoms with Gasteiger partial charge in [0.05, 0.1) is 16.2 Å². The third kappa shape index (κ3) is 4.01. The van der Waals surface area contributed by atoms with Crippen molar-refractivity contribution in [3.63, 3.8) is 0 Å². The first-order valence-corrected chi connectivity index (χ1v) is 8.23. The van der Waals surface area contributed by atoms with Crippen LogP contribution in [0.2, 0.25) is 5.02 Å². The molecule has 1 saturated heterocycles. The first-order valence-electron chi connectivity index (χ1n) is 7.04. The van der Waals surface area contributed by atoms with Crippen molar-refractivity contribution in [3.8, 4) is 5.75 Å². The fraction of sp³-hybridized carbons (Fsp3) is 0. The maximum atomic E-state index is 12.1. The van der Waals surface area contributed by atoms with Crippen LogP contribution in [0.1, 0.15) is 15.9 Å². The zero-order chi connectivity index (χ0) is 18.0. The molecule has 1 amide bonds. The molecule has 6 nitrogen and oxygen atoms in total. The van der Waals surface area contributed by atoms with Crippen molar-refractivity contribution in [1.29, 1.82) is 0 Å². The predicted molar refractivity (Wildman–Crippen MR) is 97.3 cm³/mol. The summed E-state index contributed by atoms with van der Waals surface area (Å²) < 4.78 is 0. The monoisotopic (exact) mass is 374 g/mol. The van der Waals surface area contributed by atoms with E-state index in [9.17, 15) is 19.8 Å². The number of carbonyl (C=O) groups is 2. The molecule has 25 heavy (non-hydrogen) atoms. The molecular formula is C17H11ClN2O4S. The SMILES string of the molecule is O=C1NC(=Nc2ccc(O)cc2C(=O)O)S/C1=C\c1ccc(Cl)cc1. The number of carbonyl (C=O) groups excluding carboxylic acids is 1. The molecule has 1 aliphatic heterocycles. The number of nitrogens with zero attached hydrogens (tertiary/aromatic N) is 1. The first-order chi connectivity index (χ1) is 11.9. The summed E-state index contributed by atoms with van der Waals surface area (Å²) in [5, 5.41) is 22.0. The number of aliphatic imine (C=N–C) groups is 1. The van der Waals surface area contributed by atoms with Gasteiger partial charge in [-0.15, -0.1) is 0 Å². The van der Waals surface area contributed by atoms with E-state index in [1.807, 2.05) is 0 Å². The number of amides is 1. The van der Waals surface area contributed by atoms with Crippen molar-refractivity contribution in [2.24, 2.45) is 4.99 Å². The molecule has 1 fully saturated rings. The summed E-state index contributed by atoms with van der Waals surface area (Å²) in [7, 11) is 0. The highest BCUT2D eigenvalue weighted by Crippen LogP contribution is 2.30. The van der Waals surface area contributed by atoms with Crippen LogP contribution in [0.5, 0.6) is 5.75 Å². The topological polar surface area (TPSA) is 99.0 Å². The van der Waals surface area contributed by atoms with Crippen molar-refractivity contribution in [3.05, 3.63) is 63.5 Å². The number of nitrogens with one attached hydrogen (secondary N) is 1. The Morgan fingerprint density at radius 2 is 1.92 bits per heavy atom. The fourth-order valence-corrected chi connectivity index (χ4v) is 3.05. The smallest absolute Gasteiger partial charge is 0.338 e. The lowest BCUT2D eigenvalue weighted by molar-refractivity contribution is -0.115. The summed E-state index contributed by atoms with van der Waals surface area (Å²) in [5.74, 6) is -1.72. The van der Waals surface area contributed by atoms with Gasteiger partial charge in [0.15, 0.2) is 5.17 Å². The molecule has 0 unspecified atom stereocenters. The number of aromatic hydroxyl groups is 1. The van der Waals surface area contributed by atoms with Gasteiger partial charge in [-0.3, -0.25) is 4.79 Å². The number of hydrogen-bond donors (Lipinski definition) is 3. The normalized spacial score (nSPS) is 17.1. The van der Waals surface area contributed by atoms with Crippen molar-refractivity contribution in [1.82, 2.24) is 5.32 Å². The van der Waals surface area contributed by atoms with E-state index in [0.717, 1.165) is 23.4 Å². The third-order valence-corrected chi connectivity index (χ3v) is 4.41. The number of aromatic carboxylic acids is 1. The molecular weight excluding hydrogens is 364 g/mol. The van der Waals surface area contributed by atoms with Crippen molar-refractivity contribution >= 4 is 52.2 Å². The molecule has 3 N–H and O–H groups in total. The minimum absolute atomic E-state index is 0.140. The van der Waals surface area contributed by atoms with Crippen LogP contribution < -0.4 is 5.32 Å².